The Labute approximate surface area is 72.1 Å². The van der Waals surface area contributed by atoms with Crippen LogP contribution in [0, 0.1) is 23.7 Å². The normalized spacial score (nSPS) is 46.9. The molecule has 0 amide bonds. The Morgan fingerprint density at radius 1 is 1.08 bits per heavy atom. The van der Waals surface area contributed by atoms with Crippen LogP contribution < -0.4 is 0 Å². The van der Waals surface area contributed by atoms with E-state index in [0.29, 0.717) is 17.8 Å². The molecule has 1 nitrogen and oxygen atoms in total. The van der Waals surface area contributed by atoms with Crippen molar-refractivity contribution in [1.29, 1.82) is 0 Å². The summed E-state index contributed by atoms with van der Waals surface area (Å²) in [6.45, 7) is 0.239. The van der Waals surface area contributed by atoms with Crippen LogP contribution in [0.15, 0.2) is 36.0 Å². The molecule has 62 valence electrons. The Hall–Kier alpha value is -0.820. The Balaban J connectivity index is 2.03. The third-order valence-electron chi connectivity index (χ3n) is 3.42. The fraction of sp³-hybridized carbons (Fsp3) is 0.455. The first-order valence-corrected chi connectivity index (χ1v) is 4.58. The first-order valence-electron chi connectivity index (χ1n) is 4.58. The molecule has 0 spiro atoms. The van der Waals surface area contributed by atoms with Crippen LogP contribution in [0.4, 0.5) is 0 Å². The number of hydrogen-bond donors (Lipinski definition) is 1. The van der Waals surface area contributed by atoms with Crippen LogP contribution in [0.5, 0.6) is 0 Å². The summed E-state index contributed by atoms with van der Waals surface area (Å²) in [5.74, 6) is 2.53. The van der Waals surface area contributed by atoms with Crippen molar-refractivity contribution in [3.63, 3.8) is 0 Å². The lowest BCUT2D eigenvalue weighted by molar-refractivity contribution is 0.242. The minimum Gasteiger partial charge on any atom is -0.392 e. The molecule has 1 N–H and O–H groups in total. The van der Waals surface area contributed by atoms with Gasteiger partial charge in [-0.15, -0.1) is 0 Å². The van der Waals surface area contributed by atoms with Crippen LogP contribution in [0.1, 0.15) is 0 Å². The van der Waals surface area contributed by atoms with Gasteiger partial charge in [0.05, 0.1) is 6.61 Å². The molecule has 12 heavy (non-hydrogen) atoms. The molecule has 2 bridgehead atoms. The smallest absolute Gasteiger partial charge is 0.0647 e. The maximum absolute atomic E-state index is 9.11. The van der Waals surface area contributed by atoms with Crippen LogP contribution in [-0.2, 0) is 0 Å². The van der Waals surface area contributed by atoms with Gasteiger partial charge in [0.2, 0.25) is 0 Å². The van der Waals surface area contributed by atoms with Crippen LogP contribution >= 0.6 is 0 Å². The van der Waals surface area contributed by atoms with Gasteiger partial charge in [-0.25, -0.2) is 0 Å². The van der Waals surface area contributed by atoms with E-state index in [-0.39, 0.29) is 6.61 Å². The van der Waals surface area contributed by atoms with Gasteiger partial charge in [0.15, 0.2) is 0 Å². The highest BCUT2D eigenvalue weighted by Crippen LogP contribution is 2.49. The topological polar surface area (TPSA) is 20.2 Å². The third kappa shape index (κ3) is 0.632. The van der Waals surface area contributed by atoms with Crippen molar-refractivity contribution in [2.45, 2.75) is 0 Å². The lowest BCUT2D eigenvalue weighted by atomic mass is 9.58. The Morgan fingerprint density at radius 3 is 2.50 bits per heavy atom. The predicted molar refractivity (Wildman–Crippen MR) is 47.4 cm³/mol. The lowest BCUT2D eigenvalue weighted by Crippen LogP contribution is -2.39. The summed E-state index contributed by atoms with van der Waals surface area (Å²) in [5.41, 5.74) is 1.23. The standard InChI is InChI=1S/C11H12O/c12-6-8-5-7-1-2-10(8)11-4-3-9(7)11/h1-5,7,9-12H,6H2/t7-,9-,10-,11+/m1/s1. The molecule has 0 unspecified atom stereocenters. The van der Waals surface area contributed by atoms with Gasteiger partial charge < -0.3 is 5.11 Å². The van der Waals surface area contributed by atoms with Gasteiger partial charge in [0.25, 0.3) is 0 Å². The van der Waals surface area contributed by atoms with Crippen molar-refractivity contribution in [3.8, 4) is 0 Å². The molecular weight excluding hydrogens is 148 g/mol. The van der Waals surface area contributed by atoms with Crippen LogP contribution in [0.3, 0.4) is 0 Å². The number of hydrogen-bond acceptors (Lipinski definition) is 1. The van der Waals surface area contributed by atoms with Gasteiger partial charge in [0, 0.05) is 11.8 Å². The number of allylic oxidation sites excluding steroid dienone is 5. The van der Waals surface area contributed by atoms with Gasteiger partial charge in [0.1, 0.15) is 0 Å². The van der Waals surface area contributed by atoms with E-state index >= 15 is 0 Å². The van der Waals surface area contributed by atoms with Gasteiger partial charge in [-0.1, -0.05) is 30.4 Å². The van der Waals surface area contributed by atoms with Gasteiger partial charge in [-0.2, -0.15) is 0 Å². The third-order valence-corrected chi connectivity index (χ3v) is 3.42. The molecule has 0 saturated heterocycles. The Bertz CT molecular complexity index is 298. The van der Waals surface area contributed by atoms with E-state index < -0.39 is 0 Å². The fourth-order valence-electron chi connectivity index (χ4n) is 2.67. The molecule has 1 heteroatoms. The van der Waals surface area contributed by atoms with Crippen molar-refractivity contribution >= 4 is 0 Å². The molecule has 0 heterocycles. The summed E-state index contributed by atoms with van der Waals surface area (Å²) in [6.07, 6.45) is 11.4. The van der Waals surface area contributed by atoms with Gasteiger partial charge in [-0.3, -0.25) is 0 Å². The minimum absolute atomic E-state index is 0.239. The molecular formula is C11H12O. The Kier molecular flexibility index (Phi) is 1.17. The maximum atomic E-state index is 9.11. The zero-order chi connectivity index (χ0) is 8.13. The van der Waals surface area contributed by atoms with E-state index in [4.69, 9.17) is 5.11 Å². The fourth-order valence-corrected chi connectivity index (χ4v) is 2.67. The molecule has 0 aromatic carbocycles. The van der Waals surface area contributed by atoms with Crippen LogP contribution in [0.25, 0.3) is 0 Å². The number of rotatable bonds is 1. The van der Waals surface area contributed by atoms with E-state index in [0.717, 1.165) is 5.92 Å². The van der Waals surface area contributed by atoms with E-state index in [2.05, 4.69) is 30.4 Å². The minimum atomic E-state index is 0.239. The molecule has 4 rings (SSSR count). The second-order valence-electron chi connectivity index (χ2n) is 3.93. The second kappa shape index (κ2) is 2.11. The number of aliphatic hydroxyl groups excluding tert-OH is 1. The number of aliphatic hydroxyl groups is 1. The quantitative estimate of drug-likeness (QED) is 0.577. The average molecular weight is 160 g/mol. The molecule has 0 fully saturated rings. The average Bonchev–Trinajstić information content (AvgIpc) is 2.04. The maximum Gasteiger partial charge on any atom is 0.0647 e. The van der Waals surface area contributed by atoms with E-state index in [1.165, 1.54) is 5.57 Å². The summed E-state index contributed by atoms with van der Waals surface area (Å²) < 4.78 is 0. The van der Waals surface area contributed by atoms with Gasteiger partial charge >= 0.3 is 0 Å². The zero-order valence-electron chi connectivity index (χ0n) is 6.85. The van der Waals surface area contributed by atoms with Gasteiger partial charge in [-0.05, 0) is 17.4 Å². The van der Waals surface area contributed by atoms with Crippen molar-refractivity contribution in [1.82, 2.24) is 0 Å². The molecule has 4 atom stereocenters. The summed E-state index contributed by atoms with van der Waals surface area (Å²) in [7, 11) is 0. The highest BCUT2D eigenvalue weighted by atomic mass is 16.3. The van der Waals surface area contributed by atoms with E-state index in [9.17, 15) is 0 Å². The SMILES string of the molecule is OCC1=C[C@H]2C=C[C@H]1[C@H]1C=C[C@H]21. The largest absolute Gasteiger partial charge is 0.392 e. The molecule has 0 aromatic rings. The molecule has 4 aliphatic carbocycles. The summed E-state index contributed by atoms with van der Waals surface area (Å²) in [5, 5.41) is 9.11. The summed E-state index contributed by atoms with van der Waals surface area (Å²) >= 11 is 0. The molecule has 0 aromatic heterocycles. The van der Waals surface area contributed by atoms with Crippen molar-refractivity contribution in [3.05, 3.63) is 36.0 Å². The van der Waals surface area contributed by atoms with E-state index in [1.807, 2.05) is 0 Å². The Morgan fingerprint density at radius 2 is 1.92 bits per heavy atom. The van der Waals surface area contributed by atoms with Crippen LogP contribution in [0.2, 0.25) is 0 Å². The van der Waals surface area contributed by atoms with Crippen molar-refractivity contribution in [2.24, 2.45) is 23.7 Å². The molecule has 4 aliphatic rings. The van der Waals surface area contributed by atoms with E-state index in [1.54, 1.807) is 0 Å². The zero-order valence-corrected chi connectivity index (χ0v) is 6.85. The second-order valence-corrected chi connectivity index (χ2v) is 3.93. The monoisotopic (exact) mass is 160 g/mol. The first kappa shape index (κ1) is 6.67. The molecule has 0 radical (unpaired) electrons. The molecule has 0 saturated carbocycles. The lowest BCUT2D eigenvalue weighted by Gasteiger charge is -2.46. The summed E-state index contributed by atoms with van der Waals surface area (Å²) in [4.78, 5) is 0. The summed E-state index contributed by atoms with van der Waals surface area (Å²) in [6, 6.07) is 0. The predicted octanol–water partition coefficient (Wildman–Crippen LogP) is 1.52. The van der Waals surface area contributed by atoms with Crippen LogP contribution in [-0.4, -0.2) is 11.7 Å². The first-order chi connectivity index (χ1) is 5.90. The highest BCUT2D eigenvalue weighted by Gasteiger charge is 2.42. The van der Waals surface area contributed by atoms with Crippen molar-refractivity contribution in [2.75, 3.05) is 6.61 Å². The molecule has 0 aliphatic heterocycles. The van der Waals surface area contributed by atoms with Crippen molar-refractivity contribution < 1.29 is 5.11 Å². The highest BCUT2D eigenvalue weighted by molar-refractivity contribution is 5.37.